The minimum absolute atomic E-state index is 0.192. The smallest absolute Gasteiger partial charge is 0.273 e. The molecule has 1 aromatic heterocycles. The summed E-state index contributed by atoms with van der Waals surface area (Å²) >= 11 is 0. The molecule has 2 amide bonds. The number of aromatic nitrogens is 1. The number of anilines is 2. The highest BCUT2D eigenvalue weighted by Gasteiger charge is 2.20. The monoisotopic (exact) mass is 381 g/mol. The van der Waals surface area contributed by atoms with E-state index in [4.69, 9.17) is 4.98 Å². The lowest BCUT2D eigenvalue weighted by Crippen LogP contribution is -2.45. The van der Waals surface area contributed by atoms with Crippen LogP contribution in [0.15, 0.2) is 30.3 Å². The number of rotatable bonds is 5. The highest BCUT2D eigenvalue weighted by molar-refractivity contribution is 6.00. The zero-order valence-corrected chi connectivity index (χ0v) is 16.6. The van der Waals surface area contributed by atoms with Crippen LogP contribution in [-0.2, 0) is 17.6 Å². The van der Waals surface area contributed by atoms with Gasteiger partial charge in [-0.1, -0.05) is 17.7 Å². The summed E-state index contributed by atoms with van der Waals surface area (Å²) in [6, 6.07) is 9.81. The van der Waals surface area contributed by atoms with E-state index in [9.17, 15) is 9.59 Å². The van der Waals surface area contributed by atoms with E-state index in [1.54, 1.807) is 19.0 Å². The van der Waals surface area contributed by atoms with Gasteiger partial charge in [-0.15, -0.1) is 0 Å². The van der Waals surface area contributed by atoms with Crippen molar-refractivity contribution in [3.8, 4) is 0 Å². The molecule has 2 aromatic rings. The van der Waals surface area contributed by atoms with Gasteiger partial charge in [0.25, 0.3) is 11.8 Å². The Morgan fingerprint density at radius 1 is 1.07 bits per heavy atom. The van der Waals surface area contributed by atoms with Crippen molar-refractivity contribution in [3.63, 3.8) is 0 Å². The van der Waals surface area contributed by atoms with Crippen molar-refractivity contribution in [2.24, 2.45) is 0 Å². The maximum atomic E-state index is 12.8. The number of hydrogen-bond acceptors (Lipinski definition) is 5. The van der Waals surface area contributed by atoms with Crippen LogP contribution in [-0.4, -0.2) is 42.3 Å². The van der Waals surface area contributed by atoms with Gasteiger partial charge < -0.3 is 10.2 Å². The summed E-state index contributed by atoms with van der Waals surface area (Å²) in [5.74, 6) is -0.163. The van der Waals surface area contributed by atoms with Gasteiger partial charge in [-0.25, -0.2) is 4.98 Å². The Kier molecular flexibility index (Phi) is 6.26. The lowest BCUT2D eigenvalue weighted by Gasteiger charge is -2.19. The molecule has 0 spiro atoms. The molecular weight excluding hydrogens is 354 g/mol. The summed E-state index contributed by atoms with van der Waals surface area (Å²) in [6.07, 6.45) is 4.04. The number of amides is 2. The molecule has 7 nitrogen and oxygen atoms in total. The topological polar surface area (TPSA) is 86.4 Å². The molecular formula is C21H27N5O2. The molecule has 0 saturated carbocycles. The summed E-state index contributed by atoms with van der Waals surface area (Å²) < 4.78 is 0. The number of nitrogens with zero attached hydrogens (tertiary/aromatic N) is 2. The molecule has 1 aromatic carbocycles. The van der Waals surface area contributed by atoms with E-state index in [0.29, 0.717) is 11.4 Å². The predicted octanol–water partition coefficient (Wildman–Crippen LogP) is 2.34. The largest absolute Gasteiger partial charge is 0.340 e. The molecule has 1 aliphatic carbocycles. The van der Waals surface area contributed by atoms with Crippen LogP contribution in [0, 0.1) is 6.92 Å². The fraction of sp³-hybridized carbons (Fsp3) is 0.381. The average molecular weight is 381 g/mol. The first-order valence-corrected chi connectivity index (χ1v) is 9.53. The minimum atomic E-state index is -0.386. The molecule has 1 heterocycles. The number of benzene rings is 1. The van der Waals surface area contributed by atoms with Crippen LogP contribution in [0.3, 0.4) is 0 Å². The molecule has 28 heavy (non-hydrogen) atoms. The van der Waals surface area contributed by atoms with Crippen LogP contribution < -0.4 is 16.2 Å². The van der Waals surface area contributed by atoms with Gasteiger partial charge in [0.15, 0.2) is 0 Å². The first-order chi connectivity index (χ1) is 13.4. The number of carbonyl (C=O) groups excluding carboxylic acids is 2. The van der Waals surface area contributed by atoms with E-state index in [0.717, 1.165) is 48.2 Å². The van der Waals surface area contributed by atoms with Crippen LogP contribution in [0.4, 0.5) is 11.5 Å². The van der Waals surface area contributed by atoms with Crippen LogP contribution in [0.1, 0.15) is 40.0 Å². The first kappa shape index (κ1) is 19.8. The number of hydrogen-bond donors (Lipinski definition) is 3. The Hall–Kier alpha value is -2.93. The van der Waals surface area contributed by atoms with Gasteiger partial charge in [0, 0.05) is 11.4 Å². The Labute approximate surface area is 165 Å². The van der Waals surface area contributed by atoms with Gasteiger partial charge in [-0.2, -0.15) is 0 Å². The fourth-order valence-electron chi connectivity index (χ4n) is 3.20. The Morgan fingerprint density at radius 2 is 1.79 bits per heavy atom. The van der Waals surface area contributed by atoms with Crippen molar-refractivity contribution in [3.05, 3.63) is 52.7 Å². The zero-order valence-electron chi connectivity index (χ0n) is 16.6. The lowest BCUT2D eigenvalue weighted by atomic mass is 9.94. The molecule has 0 aliphatic heterocycles. The average Bonchev–Trinajstić information content (AvgIpc) is 2.67. The summed E-state index contributed by atoms with van der Waals surface area (Å²) in [5.41, 5.74) is 9.54. The van der Waals surface area contributed by atoms with Crippen molar-refractivity contribution in [1.82, 2.24) is 20.7 Å². The standard InChI is InChI=1S/C21H27N5O2/c1-14-8-10-16(11-9-14)22-20-17(12-15-6-4-5-7-18(15)23-20)21(28)25-24-19(27)13-26(2)3/h8-12H,4-7,13H2,1-3H3,(H,22,23)(H,24,27)(H,25,28). The summed E-state index contributed by atoms with van der Waals surface area (Å²) in [4.78, 5) is 31.1. The molecule has 1 aliphatic rings. The van der Waals surface area contributed by atoms with Crippen LogP contribution >= 0.6 is 0 Å². The summed E-state index contributed by atoms with van der Waals surface area (Å²) in [6.45, 7) is 2.22. The third-order valence-corrected chi connectivity index (χ3v) is 4.64. The van der Waals surface area contributed by atoms with Gasteiger partial charge in [-0.3, -0.25) is 20.4 Å². The number of aryl methyl sites for hydroxylation is 3. The van der Waals surface area contributed by atoms with Crippen molar-refractivity contribution < 1.29 is 9.59 Å². The fourth-order valence-corrected chi connectivity index (χ4v) is 3.20. The number of likely N-dealkylation sites (N-methyl/N-ethyl adjacent to an activating group) is 1. The van der Waals surface area contributed by atoms with Gasteiger partial charge in [0.05, 0.1) is 12.1 Å². The Morgan fingerprint density at radius 3 is 2.50 bits per heavy atom. The number of pyridine rings is 1. The Balaban J connectivity index is 1.83. The van der Waals surface area contributed by atoms with Gasteiger partial charge in [0.2, 0.25) is 0 Å². The van der Waals surface area contributed by atoms with Crippen LogP contribution in [0.5, 0.6) is 0 Å². The van der Waals surface area contributed by atoms with E-state index < -0.39 is 0 Å². The lowest BCUT2D eigenvalue weighted by molar-refractivity contribution is -0.122. The second-order valence-electron chi connectivity index (χ2n) is 7.43. The number of hydrazine groups is 1. The highest BCUT2D eigenvalue weighted by Crippen LogP contribution is 2.27. The van der Waals surface area contributed by atoms with E-state index in [2.05, 4.69) is 16.2 Å². The maximum Gasteiger partial charge on any atom is 0.273 e. The van der Waals surface area contributed by atoms with E-state index in [1.807, 2.05) is 37.3 Å². The van der Waals surface area contributed by atoms with E-state index in [1.165, 1.54) is 0 Å². The van der Waals surface area contributed by atoms with Crippen molar-refractivity contribution >= 4 is 23.3 Å². The minimum Gasteiger partial charge on any atom is -0.340 e. The molecule has 0 atom stereocenters. The van der Waals surface area contributed by atoms with E-state index in [-0.39, 0.29) is 18.4 Å². The quantitative estimate of drug-likeness (QED) is 0.692. The normalized spacial score (nSPS) is 13.0. The Bertz CT molecular complexity index is 862. The van der Waals surface area contributed by atoms with Gasteiger partial charge >= 0.3 is 0 Å². The third kappa shape index (κ3) is 5.07. The van der Waals surface area contributed by atoms with Crippen molar-refractivity contribution in [2.45, 2.75) is 32.6 Å². The highest BCUT2D eigenvalue weighted by atomic mass is 16.2. The molecule has 0 fully saturated rings. The van der Waals surface area contributed by atoms with Gasteiger partial charge in [-0.05, 0) is 70.5 Å². The second-order valence-corrected chi connectivity index (χ2v) is 7.43. The second kappa shape index (κ2) is 8.84. The first-order valence-electron chi connectivity index (χ1n) is 9.53. The number of carbonyl (C=O) groups is 2. The number of fused-ring (bicyclic) bond motifs is 1. The van der Waals surface area contributed by atoms with Crippen LogP contribution in [0.2, 0.25) is 0 Å². The molecule has 0 bridgehead atoms. The summed E-state index contributed by atoms with van der Waals surface area (Å²) in [7, 11) is 3.58. The molecule has 0 radical (unpaired) electrons. The van der Waals surface area contributed by atoms with Gasteiger partial charge in [0.1, 0.15) is 5.82 Å². The van der Waals surface area contributed by atoms with E-state index >= 15 is 0 Å². The molecule has 7 heteroatoms. The third-order valence-electron chi connectivity index (χ3n) is 4.64. The predicted molar refractivity (Wildman–Crippen MR) is 110 cm³/mol. The maximum absolute atomic E-state index is 12.8. The number of nitrogens with one attached hydrogen (secondary N) is 3. The summed E-state index contributed by atoms with van der Waals surface area (Å²) in [5, 5.41) is 3.26. The molecule has 0 unspecified atom stereocenters. The van der Waals surface area contributed by atoms with Crippen LogP contribution in [0.25, 0.3) is 0 Å². The molecule has 3 rings (SSSR count). The molecule has 148 valence electrons. The van der Waals surface area contributed by atoms with Crippen molar-refractivity contribution in [2.75, 3.05) is 26.0 Å². The van der Waals surface area contributed by atoms with Crippen molar-refractivity contribution in [1.29, 1.82) is 0 Å². The zero-order chi connectivity index (χ0) is 20.1. The SMILES string of the molecule is Cc1ccc(Nc2nc3c(cc2C(=O)NNC(=O)CN(C)C)CCCC3)cc1. The molecule has 3 N–H and O–H groups in total. The molecule has 0 saturated heterocycles.